The predicted molar refractivity (Wildman–Crippen MR) is 122 cm³/mol. The minimum Gasteiger partial charge on any atom is -0.490 e. The number of nitrogens with two attached hydrogens (primary N) is 1. The quantitative estimate of drug-likeness (QED) is 0.586. The number of carbonyl (C=O) groups excluding carboxylic acids is 1. The molecule has 5 rings (SSSR count). The summed E-state index contributed by atoms with van der Waals surface area (Å²) in [5, 5.41) is 3.47. The number of aliphatic imine (C=N–C) groups is 1. The summed E-state index contributed by atoms with van der Waals surface area (Å²) >= 11 is 5.05. The Bertz CT molecular complexity index is 1130. The van der Waals surface area contributed by atoms with Gasteiger partial charge in [-0.05, 0) is 49.6 Å². The molecule has 33 heavy (non-hydrogen) atoms. The van der Waals surface area contributed by atoms with Crippen molar-refractivity contribution >= 4 is 38.8 Å². The normalized spacial score (nSPS) is 28.5. The van der Waals surface area contributed by atoms with E-state index in [4.69, 9.17) is 15.5 Å². The van der Waals surface area contributed by atoms with E-state index in [1.54, 1.807) is 0 Å². The Labute approximate surface area is 200 Å². The van der Waals surface area contributed by atoms with Crippen LogP contribution in [0.1, 0.15) is 40.9 Å². The molecule has 1 aliphatic carbocycles. The van der Waals surface area contributed by atoms with E-state index in [-0.39, 0.29) is 23.8 Å². The smallest absolute Gasteiger partial charge is 0.417 e. The Morgan fingerprint density at radius 1 is 1.27 bits per heavy atom. The molecule has 1 aromatic heterocycles. The number of halogens is 4. The van der Waals surface area contributed by atoms with Gasteiger partial charge in [-0.3, -0.25) is 9.78 Å². The van der Waals surface area contributed by atoms with Gasteiger partial charge in [-0.15, -0.1) is 0 Å². The standard InChI is InChI=1S/C22H20BrF3N4O2S/c23-12-2-5-17-14(7-12)21(10-33-20(27)30-21)15-8-13(3-6-18(15)32-17)29-19(31)16-4-1-11(9-28-16)22(24,25)26/h1-2,4-5,7,9,13,15,18H,3,6,8,10H2,(H2,27,30)(H,29,31)/t13-,15+,18+,21?/m1/s1. The molecule has 1 unspecified atom stereocenters. The lowest BCUT2D eigenvalue weighted by Gasteiger charge is -2.48. The summed E-state index contributed by atoms with van der Waals surface area (Å²) in [4.78, 5) is 21.3. The Morgan fingerprint density at radius 3 is 2.76 bits per heavy atom. The number of thioether (sulfide) groups is 1. The number of aromatic nitrogens is 1. The molecule has 0 bridgehead atoms. The second kappa shape index (κ2) is 8.19. The first-order chi connectivity index (χ1) is 15.7. The van der Waals surface area contributed by atoms with Crippen LogP contribution in [-0.4, -0.2) is 34.0 Å². The zero-order chi connectivity index (χ0) is 23.4. The number of fused-ring (bicyclic) bond motifs is 4. The number of hydrogen-bond acceptors (Lipinski definition) is 6. The number of rotatable bonds is 2. The second-order valence-corrected chi connectivity index (χ2v) is 10.4. The largest absolute Gasteiger partial charge is 0.490 e. The molecule has 3 N–H and O–H groups in total. The van der Waals surface area contributed by atoms with Crippen molar-refractivity contribution in [2.24, 2.45) is 16.6 Å². The second-order valence-electron chi connectivity index (χ2n) is 8.48. The van der Waals surface area contributed by atoms with Crippen LogP contribution in [0.15, 0.2) is 46.0 Å². The SMILES string of the molecule is NC1=NC2(CS1)c1cc(Br)ccc1O[C@H]1CC[C@@H](NC(=O)c3ccc(C(F)(F)F)cn3)C[C@@H]12. The molecule has 0 saturated heterocycles. The van der Waals surface area contributed by atoms with Crippen LogP contribution >= 0.6 is 27.7 Å². The van der Waals surface area contributed by atoms with Crippen LogP contribution in [0.5, 0.6) is 5.75 Å². The lowest BCUT2D eigenvalue weighted by atomic mass is 9.67. The Kier molecular flexibility index (Phi) is 5.59. The van der Waals surface area contributed by atoms with E-state index >= 15 is 0 Å². The third-order valence-electron chi connectivity index (χ3n) is 6.50. The van der Waals surface area contributed by atoms with Gasteiger partial charge in [0.1, 0.15) is 23.1 Å². The highest BCUT2D eigenvalue weighted by Crippen LogP contribution is 2.54. The monoisotopic (exact) mass is 540 g/mol. The van der Waals surface area contributed by atoms with E-state index in [1.165, 1.54) is 11.8 Å². The summed E-state index contributed by atoms with van der Waals surface area (Å²) in [6.07, 6.45) is -1.87. The van der Waals surface area contributed by atoms with Gasteiger partial charge in [-0.1, -0.05) is 27.7 Å². The molecule has 1 amide bonds. The van der Waals surface area contributed by atoms with Crippen LogP contribution in [0.25, 0.3) is 0 Å². The number of ether oxygens (including phenoxy) is 1. The molecule has 2 aliphatic heterocycles. The number of benzene rings is 1. The zero-order valence-electron chi connectivity index (χ0n) is 17.2. The van der Waals surface area contributed by atoms with Gasteiger partial charge in [0, 0.05) is 33.9 Å². The summed E-state index contributed by atoms with van der Waals surface area (Å²) < 4.78 is 45.6. The van der Waals surface area contributed by atoms with E-state index in [2.05, 4.69) is 26.2 Å². The van der Waals surface area contributed by atoms with E-state index < -0.39 is 23.2 Å². The molecule has 1 spiro atoms. The van der Waals surface area contributed by atoms with Crippen LogP contribution in [0.3, 0.4) is 0 Å². The maximum atomic E-state index is 12.8. The van der Waals surface area contributed by atoms with E-state index in [1.807, 2.05) is 18.2 Å². The number of hydrogen-bond donors (Lipinski definition) is 2. The first-order valence-electron chi connectivity index (χ1n) is 10.4. The van der Waals surface area contributed by atoms with Crippen molar-refractivity contribution in [1.29, 1.82) is 0 Å². The Morgan fingerprint density at radius 2 is 2.09 bits per heavy atom. The summed E-state index contributed by atoms with van der Waals surface area (Å²) in [6.45, 7) is 0. The fourth-order valence-electron chi connectivity index (χ4n) is 4.95. The molecule has 1 aromatic carbocycles. The number of carbonyl (C=O) groups is 1. The summed E-state index contributed by atoms with van der Waals surface area (Å²) in [6, 6.07) is 7.68. The zero-order valence-corrected chi connectivity index (χ0v) is 19.6. The van der Waals surface area contributed by atoms with Gasteiger partial charge >= 0.3 is 6.18 Å². The average Bonchev–Trinajstić information content (AvgIpc) is 3.17. The van der Waals surface area contributed by atoms with Crippen LogP contribution in [0.2, 0.25) is 0 Å². The van der Waals surface area contributed by atoms with Crippen molar-refractivity contribution < 1.29 is 22.7 Å². The summed E-state index contributed by atoms with van der Waals surface area (Å²) in [5.41, 5.74) is 5.58. The van der Waals surface area contributed by atoms with Crippen molar-refractivity contribution in [2.75, 3.05) is 5.75 Å². The van der Waals surface area contributed by atoms with Crippen molar-refractivity contribution in [3.8, 4) is 5.75 Å². The molecule has 3 aliphatic rings. The first kappa shape index (κ1) is 22.5. The minimum absolute atomic E-state index is 0.00698. The predicted octanol–water partition coefficient (Wildman–Crippen LogP) is 4.48. The molecule has 174 valence electrons. The van der Waals surface area contributed by atoms with Crippen molar-refractivity contribution in [3.63, 3.8) is 0 Å². The van der Waals surface area contributed by atoms with Crippen LogP contribution in [-0.2, 0) is 11.7 Å². The number of nitrogens with one attached hydrogen (secondary N) is 1. The third-order valence-corrected chi connectivity index (χ3v) is 7.96. The number of nitrogens with zero attached hydrogens (tertiary/aromatic N) is 2. The van der Waals surface area contributed by atoms with Crippen molar-refractivity contribution in [1.82, 2.24) is 10.3 Å². The number of pyridine rings is 1. The van der Waals surface area contributed by atoms with Gasteiger partial charge < -0.3 is 15.8 Å². The number of amides is 1. The molecule has 1 saturated carbocycles. The summed E-state index contributed by atoms with van der Waals surface area (Å²) in [5.74, 6) is 0.987. The average molecular weight is 541 g/mol. The Hall–Kier alpha value is -2.27. The topological polar surface area (TPSA) is 89.6 Å². The van der Waals surface area contributed by atoms with Gasteiger partial charge in [0.15, 0.2) is 5.17 Å². The van der Waals surface area contributed by atoms with Gasteiger partial charge in [0.25, 0.3) is 5.91 Å². The lowest BCUT2D eigenvalue weighted by molar-refractivity contribution is -0.137. The fraction of sp³-hybridized carbons (Fsp3) is 0.409. The maximum absolute atomic E-state index is 12.8. The van der Waals surface area contributed by atoms with Gasteiger partial charge in [-0.25, -0.2) is 4.99 Å². The highest BCUT2D eigenvalue weighted by Gasteiger charge is 2.54. The van der Waals surface area contributed by atoms with Crippen LogP contribution < -0.4 is 15.8 Å². The first-order valence-corrected chi connectivity index (χ1v) is 12.2. The van der Waals surface area contributed by atoms with Crippen LogP contribution in [0, 0.1) is 5.92 Å². The van der Waals surface area contributed by atoms with Gasteiger partial charge in [0.05, 0.1) is 5.56 Å². The van der Waals surface area contributed by atoms with Crippen LogP contribution in [0.4, 0.5) is 13.2 Å². The highest BCUT2D eigenvalue weighted by molar-refractivity contribution is 9.10. The van der Waals surface area contributed by atoms with E-state index in [9.17, 15) is 18.0 Å². The molecule has 3 heterocycles. The van der Waals surface area contributed by atoms with E-state index in [0.29, 0.717) is 36.4 Å². The molecule has 2 aromatic rings. The van der Waals surface area contributed by atoms with Gasteiger partial charge in [0.2, 0.25) is 0 Å². The summed E-state index contributed by atoms with van der Waals surface area (Å²) in [7, 11) is 0. The molecule has 0 radical (unpaired) electrons. The molecule has 11 heteroatoms. The third kappa shape index (κ3) is 4.09. The van der Waals surface area contributed by atoms with Gasteiger partial charge in [-0.2, -0.15) is 13.2 Å². The Balaban J connectivity index is 1.38. The molecular formula is C22H20BrF3N4O2S. The number of alkyl halides is 3. The van der Waals surface area contributed by atoms with Crippen molar-refractivity contribution in [3.05, 3.63) is 57.8 Å². The lowest BCUT2D eigenvalue weighted by Crippen LogP contribution is -2.54. The molecular weight excluding hydrogens is 521 g/mol. The van der Waals surface area contributed by atoms with E-state index in [0.717, 1.165) is 27.9 Å². The minimum atomic E-state index is -4.50. The fourth-order valence-corrected chi connectivity index (χ4v) is 6.34. The maximum Gasteiger partial charge on any atom is 0.417 e. The molecule has 4 atom stereocenters. The number of amidine groups is 1. The highest BCUT2D eigenvalue weighted by atomic mass is 79.9. The molecule has 6 nitrogen and oxygen atoms in total. The molecule has 1 fully saturated rings. The van der Waals surface area contributed by atoms with Crippen molar-refractivity contribution in [2.45, 2.75) is 43.1 Å².